The highest BCUT2D eigenvalue weighted by molar-refractivity contribution is 9.10. The van der Waals surface area contributed by atoms with Crippen LogP contribution in [0.25, 0.3) is 5.69 Å². The van der Waals surface area contributed by atoms with E-state index in [0.717, 1.165) is 22.3 Å². The lowest BCUT2D eigenvalue weighted by Crippen LogP contribution is -2.00. The molecule has 0 amide bonds. The van der Waals surface area contributed by atoms with Gasteiger partial charge in [0.05, 0.1) is 17.3 Å². The maximum absolute atomic E-state index is 5.74. The van der Waals surface area contributed by atoms with E-state index in [2.05, 4.69) is 40.1 Å². The molecule has 4 heteroatoms. The third-order valence-corrected chi connectivity index (χ3v) is 3.22. The summed E-state index contributed by atoms with van der Waals surface area (Å²) in [6.07, 6.45) is 2.92. The van der Waals surface area contributed by atoms with Crippen LogP contribution in [0.5, 0.6) is 0 Å². The molecule has 0 spiro atoms. The van der Waals surface area contributed by atoms with Gasteiger partial charge in [0.15, 0.2) is 0 Å². The SMILES string of the molecule is CCc1cc(Br)ccc1-n1ccc(CCl)n1. The average molecular weight is 300 g/mol. The molecule has 0 saturated heterocycles. The average Bonchev–Trinajstić information content (AvgIpc) is 2.77. The van der Waals surface area contributed by atoms with Gasteiger partial charge in [0, 0.05) is 10.7 Å². The Morgan fingerprint density at radius 1 is 1.38 bits per heavy atom. The van der Waals surface area contributed by atoms with Crippen molar-refractivity contribution in [1.29, 1.82) is 0 Å². The van der Waals surface area contributed by atoms with Gasteiger partial charge in [-0.15, -0.1) is 11.6 Å². The zero-order chi connectivity index (χ0) is 11.5. The first-order valence-corrected chi connectivity index (χ1v) is 6.46. The van der Waals surface area contributed by atoms with E-state index in [1.165, 1.54) is 5.56 Å². The fourth-order valence-corrected chi connectivity index (χ4v) is 2.18. The second-order valence-electron chi connectivity index (χ2n) is 3.51. The van der Waals surface area contributed by atoms with Crippen molar-refractivity contribution >= 4 is 27.5 Å². The van der Waals surface area contributed by atoms with Gasteiger partial charge in [-0.25, -0.2) is 4.68 Å². The van der Waals surface area contributed by atoms with Crippen molar-refractivity contribution in [2.75, 3.05) is 0 Å². The zero-order valence-corrected chi connectivity index (χ0v) is 11.3. The fraction of sp³-hybridized carbons (Fsp3) is 0.250. The molecule has 0 N–H and O–H groups in total. The molecule has 2 rings (SSSR count). The molecule has 0 saturated carbocycles. The highest BCUT2D eigenvalue weighted by Gasteiger charge is 2.05. The molecule has 16 heavy (non-hydrogen) atoms. The minimum absolute atomic E-state index is 0.449. The van der Waals surface area contributed by atoms with E-state index in [4.69, 9.17) is 11.6 Å². The van der Waals surface area contributed by atoms with E-state index in [0.29, 0.717) is 5.88 Å². The molecule has 0 radical (unpaired) electrons. The molecule has 2 nitrogen and oxygen atoms in total. The van der Waals surface area contributed by atoms with Crippen molar-refractivity contribution in [3.05, 3.63) is 46.2 Å². The maximum atomic E-state index is 5.74. The number of aryl methyl sites for hydroxylation is 1. The summed E-state index contributed by atoms with van der Waals surface area (Å²) in [4.78, 5) is 0. The molecular formula is C12H12BrClN2. The highest BCUT2D eigenvalue weighted by atomic mass is 79.9. The smallest absolute Gasteiger partial charge is 0.0776 e. The quantitative estimate of drug-likeness (QED) is 0.785. The number of alkyl halides is 1. The third kappa shape index (κ3) is 2.30. The van der Waals surface area contributed by atoms with Crippen molar-refractivity contribution < 1.29 is 0 Å². The number of hydrogen-bond donors (Lipinski definition) is 0. The van der Waals surface area contributed by atoms with Crippen molar-refractivity contribution in [2.24, 2.45) is 0 Å². The Bertz CT molecular complexity index is 494. The molecule has 0 aliphatic carbocycles. The Kier molecular flexibility index (Phi) is 3.66. The summed E-state index contributed by atoms with van der Waals surface area (Å²) in [5.74, 6) is 0.449. The Balaban J connectivity index is 2.46. The first kappa shape index (κ1) is 11.7. The van der Waals surface area contributed by atoms with Gasteiger partial charge in [-0.1, -0.05) is 22.9 Å². The van der Waals surface area contributed by atoms with Crippen molar-refractivity contribution in [3.8, 4) is 5.69 Å². The molecule has 0 atom stereocenters. The Morgan fingerprint density at radius 3 is 2.81 bits per heavy atom. The summed E-state index contributed by atoms with van der Waals surface area (Å²) in [6, 6.07) is 8.15. The maximum Gasteiger partial charge on any atom is 0.0776 e. The largest absolute Gasteiger partial charge is 0.240 e. The van der Waals surface area contributed by atoms with Gasteiger partial charge in [0.2, 0.25) is 0 Å². The van der Waals surface area contributed by atoms with Gasteiger partial charge in [-0.05, 0) is 36.2 Å². The number of nitrogens with zero attached hydrogens (tertiary/aromatic N) is 2. The summed E-state index contributed by atoms with van der Waals surface area (Å²) in [6.45, 7) is 2.14. The third-order valence-electron chi connectivity index (χ3n) is 2.45. The first-order valence-electron chi connectivity index (χ1n) is 5.14. The minimum Gasteiger partial charge on any atom is -0.240 e. The number of hydrogen-bond acceptors (Lipinski definition) is 1. The number of rotatable bonds is 3. The van der Waals surface area contributed by atoms with Crippen LogP contribution in [0.3, 0.4) is 0 Å². The predicted octanol–water partition coefficient (Wildman–Crippen LogP) is 3.94. The van der Waals surface area contributed by atoms with Crippen LogP contribution < -0.4 is 0 Å². The monoisotopic (exact) mass is 298 g/mol. The van der Waals surface area contributed by atoms with Gasteiger partial charge < -0.3 is 0 Å². The molecule has 1 aromatic carbocycles. The molecule has 2 aromatic rings. The summed E-state index contributed by atoms with van der Waals surface area (Å²) in [5.41, 5.74) is 3.27. The first-order chi connectivity index (χ1) is 7.74. The molecule has 0 unspecified atom stereocenters. The second-order valence-corrected chi connectivity index (χ2v) is 4.69. The molecule has 1 heterocycles. The summed E-state index contributed by atoms with van der Waals surface area (Å²) in [7, 11) is 0. The molecule has 0 aliphatic rings. The van der Waals surface area contributed by atoms with E-state index < -0.39 is 0 Å². The topological polar surface area (TPSA) is 17.8 Å². The second kappa shape index (κ2) is 5.02. The van der Waals surface area contributed by atoms with Gasteiger partial charge in [-0.3, -0.25) is 0 Å². The van der Waals surface area contributed by atoms with Crippen LogP contribution in [-0.2, 0) is 12.3 Å². The minimum atomic E-state index is 0.449. The van der Waals surface area contributed by atoms with E-state index in [9.17, 15) is 0 Å². The van der Waals surface area contributed by atoms with E-state index in [1.54, 1.807) is 0 Å². The molecule has 84 valence electrons. The van der Waals surface area contributed by atoms with Gasteiger partial charge in [0.1, 0.15) is 0 Å². The van der Waals surface area contributed by atoms with Crippen LogP contribution in [0.2, 0.25) is 0 Å². The summed E-state index contributed by atoms with van der Waals surface area (Å²) in [5, 5.41) is 4.41. The van der Waals surface area contributed by atoms with Crippen LogP contribution in [0, 0.1) is 0 Å². The molecule has 1 aromatic heterocycles. The fourth-order valence-electron chi connectivity index (χ4n) is 1.63. The van der Waals surface area contributed by atoms with Crippen molar-refractivity contribution in [1.82, 2.24) is 9.78 Å². The van der Waals surface area contributed by atoms with Crippen LogP contribution in [0.1, 0.15) is 18.2 Å². The lowest BCUT2D eigenvalue weighted by atomic mass is 10.1. The highest BCUT2D eigenvalue weighted by Crippen LogP contribution is 2.20. The number of aromatic nitrogens is 2. The van der Waals surface area contributed by atoms with Crippen LogP contribution >= 0.6 is 27.5 Å². The molecule has 0 bridgehead atoms. The van der Waals surface area contributed by atoms with E-state index in [-0.39, 0.29) is 0 Å². The molecular weight excluding hydrogens is 288 g/mol. The number of benzene rings is 1. The van der Waals surface area contributed by atoms with Crippen molar-refractivity contribution in [2.45, 2.75) is 19.2 Å². The summed E-state index contributed by atoms with van der Waals surface area (Å²) >= 11 is 9.22. The van der Waals surface area contributed by atoms with Gasteiger partial charge >= 0.3 is 0 Å². The molecule has 0 fully saturated rings. The van der Waals surface area contributed by atoms with Gasteiger partial charge in [0.25, 0.3) is 0 Å². The Morgan fingerprint density at radius 2 is 2.19 bits per heavy atom. The summed E-state index contributed by atoms with van der Waals surface area (Å²) < 4.78 is 2.97. The van der Waals surface area contributed by atoms with Crippen LogP contribution in [0.4, 0.5) is 0 Å². The van der Waals surface area contributed by atoms with E-state index in [1.807, 2.05) is 23.0 Å². The normalized spacial score (nSPS) is 10.7. The van der Waals surface area contributed by atoms with Crippen LogP contribution in [0.15, 0.2) is 34.9 Å². The van der Waals surface area contributed by atoms with Crippen LogP contribution in [-0.4, -0.2) is 9.78 Å². The molecule has 0 aliphatic heterocycles. The lowest BCUT2D eigenvalue weighted by Gasteiger charge is -2.08. The Labute approximate surface area is 108 Å². The van der Waals surface area contributed by atoms with Gasteiger partial charge in [-0.2, -0.15) is 5.10 Å². The predicted molar refractivity (Wildman–Crippen MR) is 70.2 cm³/mol. The van der Waals surface area contributed by atoms with Crippen molar-refractivity contribution in [3.63, 3.8) is 0 Å². The standard InChI is InChI=1S/C12H12BrClN2/c1-2-9-7-10(13)3-4-12(9)16-6-5-11(8-14)15-16/h3-7H,2,8H2,1H3. The zero-order valence-electron chi connectivity index (χ0n) is 8.95. The lowest BCUT2D eigenvalue weighted by molar-refractivity contribution is 0.843. The van der Waals surface area contributed by atoms with E-state index >= 15 is 0 Å². The Hall–Kier alpha value is -0.800. The number of halogens is 2.